The maximum absolute atomic E-state index is 11.7. The van der Waals surface area contributed by atoms with Crippen LogP contribution >= 0.6 is 11.6 Å². The molecule has 0 saturated carbocycles. The van der Waals surface area contributed by atoms with E-state index in [-0.39, 0.29) is 11.5 Å². The summed E-state index contributed by atoms with van der Waals surface area (Å²) in [5.74, 6) is 1.01. The molecule has 2 rings (SSSR count). The van der Waals surface area contributed by atoms with Crippen LogP contribution in [0.2, 0.25) is 0 Å². The van der Waals surface area contributed by atoms with Crippen molar-refractivity contribution in [3.05, 3.63) is 0 Å². The number of halogens is 1. The number of rotatable bonds is 4. The Morgan fingerprint density at radius 3 is 2.74 bits per heavy atom. The number of nitrogens with zero attached hydrogens (tertiary/aromatic N) is 1. The lowest BCUT2D eigenvalue weighted by Crippen LogP contribution is -2.42. The molecule has 19 heavy (non-hydrogen) atoms. The lowest BCUT2D eigenvalue weighted by Gasteiger charge is -2.38. The van der Waals surface area contributed by atoms with Gasteiger partial charge in [-0.25, -0.2) is 12.7 Å². The van der Waals surface area contributed by atoms with Crippen LogP contribution in [-0.4, -0.2) is 50.7 Å². The Balaban J connectivity index is 2.02. The van der Waals surface area contributed by atoms with Crippen molar-refractivity contribution in [1.29, 1.82) is 0 Å². The molecule has 2 fully saturated rings. The second kappa shape index (κ2) is 5.88. The van der Waals surface area contributed by atoms with E-state index in [9.17, 15) is 8.42 Å². The molecule has 0 radical (unpaired) electrons. The van der Waals surface area contributed by atoms with E-state index in [1.54, 1.807) is 4.31 Å². The van der Waals surface area contributed by atoms with Crippen molar-refractivity contribution in [2.45, 2.75) is 38.7 Å². The fourth-order valence-corrected chi connectivity index (χ4v) is 4.79. The van der Waals surface area contributed by atoms with Gasteiger partial charge in [0.25, 0.3) is 0 Å². The summed E-state index contributed by atoms with van der Waals surface area (Å²) < 4.78 is 30.6. The van der Waals surface area contributed by atoms with E-state index in [1.165, 1.54) is 6.26 Å². The molecule has 2 saturated heterocycles. The zero-order valence-electron chi connectivity index (χ0n) is 11.8. The van der Waals surface area contributed by atoms with Gasteiger partial charge in [-0.3, -0.25) is 0 Å². The van der Waals surface area contributed by atoms with Gasteiger partial charge in [-0.05, 0) is 38.5 Å². The molecule has 0 aromatic carbocycles. The minimum atomic E-state index is -3.06. The van der Waals surface area contributed by atoms with Gasteiger partial charge < -0.3 is 4.74 Å². The summed E-state index contributed by atoms with van der Waals surface area (Å²) in [5, 5.41) is 0. The third-order valence-electron chi connectivity index (χ3n) is 4.74. The molecule has 0 aromatic heterocycles. The normalized spacial score (nSPS) is 37.6. The zero-order chi connectivity index (χ0) is 14.1. The highest BCUT2D eigenvalue weighted by Gasteiger charge is 2.43. The predicted molar refractivity (Wildman–Crippen MR) is 76.9 cm³/mol. The smallest absolute Gasteiger partial charge is 0.211 e. The van der Waals surface area contributed by atoms with E-state index in [4.69, 9.17) is 16.3 Å². The van der Waals surface area contributed by atoms with Crippen molar-refractivity contribution >= 4 is 21.6 Å². The molecule has 0 aliphatic carbocycles. The van der Waals surface area contributed by atoms with Crippen molar-refractivity contribution in [2.75, 3.05) is 31.8 Å². The molecule has 4 nitrogen and oxygen atoms in total. The molecule has 0 spiro atoms. The highest BCUT2D eigenvalue weighted by Crippen LogP contribution is 2.43. The number of ether oxygens (including phenoxy) is 1. The maximum Gasteiger partial charge on any atom is 0.211 e. The lowest BCUT2D eigenvalue weighted by atomic mass is 9.74. The summed E-state index contributed by atoms with van der Waals surface area (Å²) in [7, 11) is -3.06. The molecule has 0 N–H and O–H groups in total. The molecule has 3 unspecified atom stereocenters. The highest BCUT2D eigenvalue weighted by molar-refractivity contribution is 7.88. The van der Waals surface area contributed by atoms with Crippen LogP contribution in [0.3, 0.4) is 0 Å². The standard InChI is InChI=1S/C13H24ClNO3S/c1-11-13(10-14,5-7-18-11)8-12-4-3-6-15(9-12)19(2,16)17/h11-12H,3-10H2,1-2H3. The van der Waals surface area contributed by atoms with Gasteiger partial charge in [-0.1, -0.05) is 0 Å². The number of hydrogen-bond acceptors (Lipinski definition) is 3. The van der Waals surface area contributed by atoms with Crippen LogP contribution in [-0.2, 0) is 14.8 Å². The predicted octanol–water partition coefficient (Wildman–Crippen LogP) is 2.08. The summed E-state index contributed by atoms with van der Waals surface area (Å²) in [5.41, 5.74) is 0.0345. The second-order valence-corrected chi connectivity index (χ2v) is 8.34. The largest absolute Gasteiger partial charge is 0.378 e. The van der Waals surface area contributed by atoms with E-state index in [0.29, 0.717) is 24.9 Å². The Morgan fingerprint density at radius 2 is 2.21 bits per heavy atom. The van der Waals surface area contributed by atoms with Crippen molar-refractivity contribution in [1.82, 2.24) is 4.31 Å². The Hall–Kier alpha value is 0.160. The van der Waals surface area contributed by atoms with Gasteiger partial charge in [0, 0.05) is 31.0 Å². The third kappa shape index (κ3) is 3.43. The minimum absolute atomic E-state index is 0.0345. The van der Waals surface area contributed by atoms with Gasteiger partial charge in [-0.15, -0.1) is 11.6 Å². The molecule has 2 heterocycles. The fraction of sp³-hybridized carbons (Fsp3) is 1.00. The molecule has 6 heteroatoms. The topological polar surface area (TPSA) is 46.6 Å². The van der Waals surface area contributed by atoms with Gasteiger partial charge in [0.05, 0.1) is 12.4 Å². The van der Waals surface area contributed by atoms with Crippen LogP contribution in [0.15, 0.2) is 0 Å². The summed E-state index contributed by atoms with van der Waals surface area (Å²) in [6.07, 6.45) is 5.49. The number of hydrogen-bond donors (Lipinski definition) is 0. The molecule has 0 aromatic rings. The minimum Gasteiger partial charge on any atom is -0.378 e. The van der Waals surface area contributed by atoms with Crippen molar-refractivity contribution in [3.63, 3.8) is 0 Å². The van der Waals surface area contributed by atoms with E-state index in [0.717, 1.165) is 32.3 Å². The van der Waals surface area contributed by atoms with Crippen molar-refractivity contribution in [2.24, 2.45) is 11.3 Å². The van der Waals surface area contributed by atoms with Gasteiger partial charge in [0.15, 0.2) is 0 Å². The van der Waals surface area contributed by atoms with Crippen LogP contribution in [0.1, 0.15) is 32.6 Å². The van der Waals surface area contributed by atoms with E-state index >= 15 is 0 Å². The van der Waals surface area contributed by atoms with Crippen LogP contribution in [0.25, 0.3) is 0 Å². The molecule has 3 atom stereocenters. The molecule has 2 aliphatic rings. The molecule has 112 valence electrons. The Labute approximate surface area is 121 Å². The van der Waals surface area contributed by atoms with Crippen molar-refractivity contribution in [3.8, 4) is 0 Å². The average Bonchev–Trinajstić information content (AvgIpc) is 2.71. The summed E-state index contributed by atoms with van der Waals surface area (Å²) in [6, 6.07) is 0. The summed E-state index contributed by atoms with van der Waals surface area (Å²) >= 11 is 6.19. The first kappa shape index (κ1) is 15.5. The quantitative estimate of drug-likeness (QED) is 0.747. The molecular formula is C13H24ClNO3S. The Morgan fingerprint density at radius 1 is 1.47 bits per heavy atom. The summed E-state index contributed by atoms with van der Waals surface area (Å²) in [6.45, 7) is 4.17. The Kier molecular flexibility index (Phi) is 4.81. The molecule has 0 amide bonds. The fourth-order valence-electron chi connectivity index (χ4n) is 3.39. The SMILES string of the molecule is CC1OCCC1(CCl)CC1CCCN(S(C)(=O)=O)C1. The van der Waals surface area contributed by atoms with Crippen molar-refractivity contribution < 1.29 is 13.2 Å². The average molecular weight is 310 g/mol. The number of piperidine rings is 1. The maximum atomic E-state index is 11.7. The first-order valence-electron chi connectivity index (χ1n) is 7.00. The van der Waals surface area contributed by atoms with E-state index in [2.05, 4.69) is 6.92 Å². The van der Waals surface area contributed by atoms with Crippen LogP contribution in [0.5, 0.6) is 0 Å². The zero-order valence-corrected chi connectivity index (χ0v) is 13.3. The lowest BCUT2D eigenvalue weighted by molar-refractivity contribution is 0.0551. The third-order valence-corrected chi connectivity index (χ3v) is 6.54. The molecule has 0 bridgehead atoms. The first-order chi connectivity index (χ1) is 8.87. The second-order valence-electron chi connectivity index (χ2n) is 6.09. The van der Waals surface area contributed by atoms with Gasteiger partial charge in [0.2, 0.25) is 10.0 Å². The first-order valence-corrected chi connectivity index (χ1v) is 9.38. The number of alkyl halides is 1. The number of sulfonamides is 1. The summed E-state index contributed by atoms with van der Waals surface area (Å²) in [4.78, 5) is 0. The van der Waals surface area contributed by atoms with Crippen LogP contribution in [0.4, 0.5) is 0 Å². The monoisotopic (exact) mass is 309 g/mol. The Bertz CT molecular complexity index is 414. The molecule has 2 aliphatic heterocycles. The van der Waals surface area contributed by atoms with E-state index < -0.39 is 10.0 Å². The van der Waals surface area contributed by atoms with Gasteiger partial charge in [0.1, 0.15) is 0 Å². The molecular weight excluding hydrogens is 286 g/mol. The van der Waals surface area contributed by atoms with Gasteiger partial charge in [-0.2, -0.15) is 0 Å². The highest BCUT2D eigenvalue weighted by atomic mass is 35.5. The van der Waals surface area contributed by atoms with Gasteiger partial charge >= 0.3 is 0 Å². The van der Waals surface area contributed by atoms with Crippen LogP contribution in [0, 0.1) is 11.3 Å². The van der Waals surface area contributed by atoms with E-state index in [1.807, 2.05) is 0 Å². The van der Waals surface area contributed by atoms with Crippen LogP contribution < -0.4 is 0 Å².